The van der Waals surface area contributed by atoms with Crippen LogP contribution in [0.2, 0.25) is 5.02 Å². The molecule has 1 aromatic heterocycles. The molecule has 2 fully saturated rings. The van der Waals surface area contributed by atoms with Crippen molar-refractivity contribution in [3.05, 3.63) is 35.5 Å². The number of ether oxygens (including phenoxy) is 2. The van der Waals surface area contributed by atoms with Crippen LogP contribution in [0.4, 0.5) is 23.1 Å². The van der Waals surface area contributed by atoms with E-state index in [-0.39, 0.29) is 18.1 Å². The molecule has 1 aromatic carbocycles. The van der Waals surface area contributed by atoms with Crippen LogP contribution >= 0.6 is 11.6 Å². The van der Waals surface area contributed by atoms with E-state index in [0.717, 1.165) is 56.8 Å². The Morgan fingerprint density at radius 3 is 2.69 bits per heavy atom. The summed E-state index contributed by atoms with van der Waals surface area (Å²) < 4.78 is 10.9. The van der Waals surface area contributed by atoms with Gasteiger partial charge in [0.15, 0.2) is 5.82 Å². The Hall–Kier alpha value is -2.58. The number of hydrogen-bond acceptors (Lipinski definition) is 8. The van der Waals surface area contributed by atoms with Crippen molar-refractivity contribution in [2.75, 3.05) is 48.5 Å². The van der Waals surface area contributed by atoms with E-state index in [1.54, 1.807) is 6.20 Å². The number of carbonyl (C=O) groups excluding carboxylic acids is 1. The third-order valence-electron chi connectivity index (χ3n) is 6.00. The van der Waals surface area contributed by atoms with Crippen LogP contribution < -0.4 is 15.1 Å². The Bertz CT molecular complexity index is 912. The van der Waals surface area contributed by atoms with Crippen LogP contribution in [0.15, 0.2) is 30.5 Å². The van der Waals surface area contributed by atoms with Crippen LogP contribution in [0, 0.1) is 5.92 Å². The van der Waals surface area contributed by atoms with Gasteiger partial charge in [-0.1, -0.05) is 11.6 Å². The summed E-state index contributed by atoms with van der Waals surface area (Å²) in [5.41, 5.74) is 2.02. The van der Waals surface area contributed by atoms with E-state index in [9.17, 15) is 4.79 Å². The van der Waals surface area contributed by atoms with Crippen molar-refractivity contribution in [1.82, 2.24) is 9.97 Å². The molecule has 2 saturated heterocycles. The zero-order chi connectivity index (χ0) is 22.5. The van der Waals surface area contributed by atoms with Crippen LogP contribution in [-0.4, -0.2) is 55.5 Å². The molecule has 1 unspecified atom stereocenters. The van der Waals surface area contributed by atoms with Crippen LogP contribution in [0.1, 0.15) is 32.6 Å². The molecule has 0 bridgehead atoms. The molecule has 2 aliphatic rings. The first-order valence-electron chi connectivity index (χ1n) is 11.2. The zero-order valence-electron chi connectivity index (χ0n) is 18.6. The van der Waals surface area contributed by atoms with Gasteiger partial charge >= 0.3 is 5.97 Å². The normalized spacial score (nSPS) is 19.1. The molecular formula is C23H30ClN5O3. The average molecular weight is 460 g/mol. The van der Waals surface area contributed by atoms with Gasteiger partial charge in [-0.3, -0.25) is 4.79 Å². The highest BCUT2D eigenvalue weighted by molar-refractivity contribution is 6.32. The fourth-order valence-corrected chi connectivity index (χ4v) is 4.41. The SMILES string of the molecule is CCOC(=O)C1CCN(c2ccc(Nc3ncc(Cl)c(N(C)C4CCCO4)n3)cc2)CC1. The Kier molecular flexibility index (Phi) is 7.32. The van der Waals surface area contributed by atoms with E-state index in [0.29, 0.717) is 23.4 Å². The van der Waals surface area contributed by atoms with Gasteiger partial charge in [-0.05, 0) is 56.9 Å². The highest BCUT2D eigenvalue weighted by Crippen LogP contribution is 2.29. The largest absolute Gasteiger partial charge is 0.466 e. The highest BCUT2D eigenvalue weighted by atomic mass is 35.5. The minimum absolute atomic E-state index is 0.0103. The van der Waals surface area contributed by atoms with E-state index in [4.69, 9.17) is 21.1 Å². The predicted octanol–water partition coefficient (Wildman–Crippen LogP) is 4.23. The summed E-state index contributed by atoms with van der Waals surface area (Å²) in [6, 6.07) is 8.16. The van der Waals surface area contributed by atoms with Gasteiger partial charge in [-0.25, -0.2) is 4.98 Å². The smallest absolute Gasteiger partial charge is 0.309 e. The minimum atomic E-state index is -0.0702. The maximum atomic E-state index is 11.9. The molecular weight excluding hydrogens is 430 g/mol. The quantitative estimate of drug-likeness (QED) is 0.616. The fourth-order valence-electron chi connectivity index (χ4n) is 4.19. The number of halogens is 1. The Labute approximate surface area is 193 Å². The molecule has 1 atom stereocenters. The zero-order valence-corrected chi connectivity index (χ0v) is 19.3. The van der Waals surface area contributed by atoms with Gasteiger partial charge in [-0.15, -0.1) is 0 Å². The van der Waals surface area contributed by atoms with Gasteiger partial charge in [0, 0.05) is 38.1 Å². The second kappa shape index (κ2) is 10.4. The van der Waals surface area contributed by atoms with Gasteiger partial charge in [0.25, 0.3) is 0 Å². The van der Waals surface area contributed by atoms with Crippen LogP contribution in [0.5, 0.6) is 0 Å². The highest BCUT2D eigenvalue weighted by Gasteiger charge is 2.26. The number of benzene rings is 1. The molecule has 1 N–H and O–H groups in total. The van der Waals surface area contributed by atoms with Crippen molar-refractivity contribution < 1.29 is 14.3 Å². The topological polar surface area (TPSA) is 79.8 Å². The molecule has 4 rings (SSSR count). The number of carbonyl (C=O) groups is 1. The molecule has 172 valence electrons. The summed E-state index contributed by atoms with van der Waals surface area (Å²) in [6.45, 7) is 4.73. The molecule has 0 spiro atoms. The van der Waals surface area contributed by atoms with E-state index in [1.165, 1.54) is 0 Å². The number of aromatic nitrogens is 2. The minimum Gasteiger partial charge on any atom is -0.466 e. The van der Waals surface area contributed by atoms with Crippen molar-refractivity contribution in [2.45, 2.75) is 38.8 Å². The van der Waals surface area contributed by atoms with Gasteiger partial charge in [0.2, 0.25) is 5.95 Å². The number of piperidine rings is 1. The van der Waals surface area contributed by atoms with Crippen molar-refractivity contribution in [1.29, 1.82) is 0 Å². The molecule has 3 heterocycles. The lowest BCUT2D eigenvalue weighted by molar-refractivity contribution is -0.148. The number of nitrogens with one attached hydrogen (secondary N) is 1. The molecule has 8 nitrogen and oxygen atoms in total. The third kappa shape index (κ3) is 5.24. The fraction of sp³-hybridized carbons (Fsp3) is 0.522. The molecule has 2 aliphatic heterocycles. The number of anilines is 4. The Morgan fingerprint density at radius 1 is 1.28 bits per heavy atom. The lowest BCUT2D eigenvalue weighted by Crippen LogP contribution is -2.36. The maximum Gasteiger partial charge on any atom is 0.309 e. The number of nitrogens with zero attached hydrogens (tertiary/aromatic N) is 4. The van der Waals surface area contributed by atoms with Crippen molar-refractivity contribution in [3.8, 4) is 0 Å². The maximum absolute atomic E-state index is 11.9. The van der Waals surface area contributed by atoms with E-state index < -0.39 is 0 Å². The lowest BCUT2D eigenvalue weighted by Gasteiger charge is -2.32. The second-order valence-corrected chi connectivity index (χ2v) is 8.54. The summed E-state index contributed by atoms with van der Waals surface area (Å²) in [7, 11) is 1.94. The first kappa shape index (κ1) is 22.6. The number of hydrogen-bond donors (Lipinski definition) is 1. The van der Waals surface area contributed by atoms with E-state index in [1.807, 2.05) is 31.0 Å². The van der Waals surface area contributed by atoms with Crippen molar-refractivity contribution in [2.24, 2.45) is 5.92 Å². The van der Waals surface area contributed by atoms with Crippen LogP contribution in [0.3, 0.4) is 0 Å². The van der Waals surface area contributed by atoms with Gasteiger partial charge in [0.05, 0.1) is 18.7 Å². The molecule has 0 radical (unpaired) electrons. The average Bonchev–Trinajstić information content (AvgIpc) is 3.36. The summed E-state index contributed by atoms with van der Waals surface area (Å²) in [5.74, 6) is 1.07. The number of esters is 1. The first-order valence-corrected chi connectivity index (χ1v) is 11.6. The second-order valence-electron chi connectivity index (χ2n) is 8.13. The lowest BCUT2D eigenvalue weighted by atomic mass is 9.96. The third-order valence-corrected chi connectivity index (χ3v) is 6.27. The number of rotatable bonds is 7. The van der Waals surface area contributed by atoms with Crippen LogP contribution in [-0.2, 0) is 14.3 Å². The molecule has 0 saturated carbocycles. The predicted molar refractivity (Wildman–Crippen MR) is 126 cm³/mol. The molecule has 9 heteroatoms. The molecule has 0 amide bonds. The van der Waals surface area contributed by atoms with Crippen molar-refractivity contribution in [3.63, 3.8) is 0 Å². The summed E-state index contributed by atoms with van der Waals surface area (Å²) >= 11 is 6.34. The summed E-state index contributed by atoms with van der Waals surface area (Å²) in [6.07, 6.45) is 5.23. The summed E-state index contributed by atoms with van der Waals surface area (Å²) in [5, 5.41) is 3.75. The molecule has 32 heavy (non-hydrogen) atoms. The van der Waals surface area contributed by atoms with E-state index in [2.05, 4.69) is 32.3 Å². The molecule has 2 aromatic rings. The van der Waals surface area contributed by atoms with Crippen LogP contribution in [0.25, 0.3) is 0 Å². The monoisotopic (exact) mass is 459 g/mol. The molecule has 0 aliphatic carbocycles. The van der Waals surface area contributed by atoms with Crippen molar-refractivity contribution >= 4 is 40.7 Å². The first-order chi connectivity index (χ1) is 15.5. The van der Waals surface area contributed by atoms with Gasteiger partial charge in [-0.2, -0.15) is 4.98 Å². The Morgan fingerprint density at radius 2 is 2.03 bits per heavy atom. The van der Waals surface area contributed by atoms with E-state index >= 15 is 0 Å². The summed E-state index contributed by atoms with van der Waals surface area (Å²) in [4.78, 5) is 25.1. The van der Waals surface area contributed by atoms with Gasteiger partial charge in [0.1, 0.15) is 11.3 Å². The van der Waals surface area contributed by atoms with Gasteiger partial charge < -0.3 is 24.6 Å². The Balaban J connectivity index is 1.37. The standard InChI is InChI=1S/C23H30ClN5O3/c1-3-31-22(30)16-10-12-29(13-11-16)18-8-6-17(7-9-18)26-23-25-15-19(24)21(27-23)28(2)20-5-4-14-32-20/h6-9,15-16,20H,3-5,10-14H2,1-2H3,(H,25,26,27).